The lowest BCUT2D eigenvalue weighted by Gasteiger charge is -2.26. The summed E-state index contributed by atoms with van der Waals surface area (Å²) in [6.45, 7) is 4.02. The molecule has 4 rings (SSSR count). The molecule has 0 fully saturated rings. The molecule has 0 unspecified atom stereocenters. The van der Waals surface area contributed by atoms with Crippen LogP contribution in [0.1, 0.15) is 19.4 Å². The number of aromatic nitrogens is 4. The first kappa shape index (κ1) is 17.9. The van der Waals surface area contributed by atoms with Gasteiger partial charge >= 0.3 is 6.01 Å². The van der Waals surface area contributed by atoms with Gasteiger partial charge in [0.2, 0.25) is 11.9 Å². The molecule has 28 heavy (non-hydrogen) atoms. The highest BCUT2D eigenvalue weighted by Crippen LogP contribution is 2.28. The summed E-state index contributed by atoms with van der Waals surface area (Å²) in [6.07, 6.45) is 0. The van der Waals surface area contributed by atoms with E-state index < -0.39 is 5.54 Å². The topological polar surface area (TPSA) is 122 Å². The van der Waals surface area contributed by atoms with E-state index in [1.54, 1.807) is 0 Å². The SMILES string of the molecule is CC(C)(Nc1nc(O)nc(Nc2ccc3nc(N)sc3c2)n1)c1ccccc1. The molecule has 0 aliphatic heterocycles. The zero-order chi connectivity index (χ0) is 19.7. The van der Waals surface area contributed by atoms with Gasteiger partial charge in [-0.15, -0.1) is 0 Å². The Morgan fingerprint density at radius 1 is 0.964 bits per heavy atom. The summed E-state index contributed by atoms with van der Waals surface area (Å²) in [5, 5.41) is 16.8. The van der Waals surface area contributed by atoms with Gasteiger partial charge in [0.15, 0.2) is 5.13 Å². The predicted molar refractivity (Wildman–Crippen MR) is 112 cm³/mol. The number of nitrogens with two attached hydrogens (primary N) is 1. The first-order valence-electron chi connectivity index (χ1n) is 8.61. The molecule has 0 atom stereocenters. The van der Waals surface area contributed by atoms with Crippen LogP contribution < -0.4 is 16.4 Å². The minimum atomic E-state index is -0.439. The van der Waals surface area contributed by atoms with E-state index in [1.165, 1.54) is 11.3 Å². The van der Waals surface area contributed by atoms with Crippen LogP contribution in [0, 0.1) is 0 Å². The minimum Gasteiger partial charge on any atom is -0.479 e. The van der Waals surface area contributed by atoms with E-state index in [1.807, 2.05) is 62.4 Å². The second kappa shape index (κ2) is 6.93. The summed E-state index contributed by atoms with van der Waals surface area (Å²) < 4.78 is 0.948. The van der Waals surface area contributed by atoms with Gasteiger partial charge in [-0.2, -0.15) is 15.0 Å². The van der Waals surface area contributed by atoms with Crippen molar-refractivity contribution in [2.24, 2.45) is 0 Å². The molecule has 2 aromatic heterocycles. The van der Waals surface area contributed by atoms with E-state index >= 15 is 0 Å². The molecule has 0 bridgehead atoms. The smallest absolute Gasteiger partial charge is 0.320 e. The van der Waals surface area contributed by atoms with Gasteiger partial charge in [-0.3, -0.25) is 0 Å². The second-order valence-electron chi connectivity index (χ2n) is 6.76. The van der Waals surface area contributed by atoms with E-state index in [9.17, 15) is 5.11 Å². The van der Waals surface area contributed by atoms with E-state index in [-0.39, 0.29) is 17.9 Å². The number of hydrogen-bond donors (Lipinski definition) is 4. The zero-order valence-electron chi connectivity index (χ0n) is 15.3. The second-order valence-corrected chi connectivity index (χ2v) is 7.82. The summed E-state index contributed by atoms with van der Waals surface area (Å²) in [5.41, 5.74) is 7.97. The third kappa shape index (κ3) is 3.79. The molecule has 0 aliphatic rings. The fourth-order valence-corrected chi connectivity index (χ4v) is 3.61. The van der Waals surface area contributed by atoms with Gasteiger partial charge in [-0.25, -0.2) is 4.98 Å². The molecule has 9 heteroatoms. The molecule has 142 valence electrons. The van der Waals surface area contributed by atoms with Gasteiger partial charge in [-0.05, 0) is 37.6 Å². The lowest BCUT2D eigenvalue weighted by atomic mass is 9.95. The number of nitrogens with zero attached hydrogens (tertiary/aromatic N) is 4. The summed E-state index contributed by atoms with van der Waals surface area (Å²) in [6, 6.07) is 15.2. The van der Waals surface area contributed by atoms with Gasteiger partial charge < -0.3 is 21.5 Å². The van der Waals surface area contributed by atoms with Crippen LogP contribution in [-0.2, 0) is 5.54 Å². The highest BCUT2D eigenvalue weighted by Gasteiger charge is 2.22. The third-order valence-corrected chi connectivity index (χ3v) is 5.05. The van der Waals surface area contributed by atoms with Crippen LogP contribution in [-0.4, -0.2) is 25.0 Å². The molecule has 4 aromatic rings. The lowest BCUT2D eigenvalue weighted by Crippen LogP contribution is -2.29. The van der Waals surface area contributed by atoms with Crippen molar-refractivity contribution in [1.29, 1.82) is 0 Å². The van der Waals surface area contributed by atoms with Crippen LogP contribution >= 0.6 is 11.3 Å². The Labute approximate surface area is 165 Å². The number of anilines is 4. The zero-order valence-corrected chi connectivity index (χ0v) is 16.2. The minimum absolute atomic E-state index is 0.232. The first-order chi connectivity index (χ1) is 13.4. The van der Waals surface area contributed by atoms with Gasteiger partial charge in [-0.1, -0.05) is 41.7 Å². The molecule has 5 N–H and O–H groups in total. The molecule has 2 aromatic carbocycles. The molecular weight excluding hydrogens is 374 g/mol. The Morgan fingerprint density at radius 2 is 1.71 bits per heavy atom. The summed E-state index contributed by atoms with van der Waals surface area (Å²) in [7, 11) is 0. The maximum atomic E-state index is 9.95. The number of rotatable bonds is 5. The van der Waals surface area contributed by atoms with E-state index in [2.05, 4.69) is 30.6 Å². The molecule has 0 aliphatic carbocycles. The molecule has 0 amide bonds. The normalized spacial score (nSPS) is 11.5. The quantitative estimate of drug-likeness (QED) is 0.403. The number of thiazole rings is 1. The molecule has 0 saturated heterocycles. The monoisotopic (exact) mass is 393 g/mol. The fraction of sp³-hybridized carbons (Fsp3) is 0.158. The van der Waals surface area contributed by atoms with E-state index in [0.29, 0.717) is 5.13 Å². The van der Waals surface area contributed by atoms with Gasteiger partial charge in [0, 0.05) is 5.69 Å². The Bertz CT molecular complexity index is 1130. The van der Waals surface area contributed by atoms with E-state index in [4.69, 9.17) is 5.73 Å². The summed E-state index contributed by atoms with van der Waals surface area (Å²) in [5.74, 6) is 0.502. The summed E-state index contributed by atoms with van der Waals surface area (Å²) >= 11 is 1.40. The first-order valence-corrected chi connectivity index (χ1v) is 9.42. The van der Waals surface area contributed by atoms with Gasteiger partial charge in [0.05, 0.1) is 15.8 Å². The number of nitrogen functional groups attached to an aromatic ring is 1. The number of nitrogens with one attached hydrogen (secondary N) is 2. The van der Waals surface area contributed by atoms with Crippen LogP contribution in [0.3, 0.4) is 0 Å². The van der Waals surface area contributed by atoms with Gasteiger partial charge in [0.25, 0.3) is 0 Å². The Balaban J connectivity index is 1.59. The molecule has 0 spiro atoms. The maximum Gasteiger partial charge on any atom is 0.320 e. The van der Waals surface area contributed by atoms with Crippen LogP contribution in [0.5, 0.6) is 6.01 Å². The molecular formula is C19H19N7OS. The predicted octanol–water partition coefficient (Wildman–Crippen LogP) is 3.86. The van der Waals surface area contributed by atoms with Crippen LogP contribution in [0.4, 0.5) is 22.7 Å². The van der Waals surface area contributed by atoms with Crippen molar-refractivity contribution >= 4 is 44.3 Å². The highest BCUT2D eigenvalue weighted by atomic mass is 32.1. The highest BCUT2D eigenvalue weighted by molar-refractivity contribution is 7.22. The average molecular weight is 393 g/mol. The Kier molecular flexibility index (Phi) is 4.44. The van der Waals surface area contributed by atoms with Crippen molar-refractivity contribution in [3.8, 4) is 6.01 Å². The molecule has 8 nitrogen and oxygen atoms in total. The van der Waals surface area contributed by atoms with Crippen molar-refractivity contribution in [1.82, 2.24) is 19.9 Å². The average Bonchev–Trinajstić information content (AvgIpc) is 3.01. The molecule has 0 saturated carbocycles. The van der Waals surface area contributed by atoms with Crippen molar-refractivity contribution in [2.75, 3.05) is 16.4 Å². The van der Waals surface area contributed by atoms with Crippen molar-refractivity contribution in [3.05, 3.63) is 54.1 Å². The number of benzene rings is 2. The molecule has 2 heterocycles. The third-order valence-electron chi connectivity index (χ3n) is 4.20. The van der Waals surface area contributed by atoms with Crippen LogP contribution in [0.2, 0.25) is 0 Å². The Morgan fingerprint density at radius 3 is 2.50 bits per heavy atom. The van der Waals surface area contributed by atoms with Crippen LogP contribution in [0.15, 0.2) is 48.5 Å². The van der Waals surface area contributed by atoms with Crippen molar-refractivity contribution in [2.45, 2.75) is 19.4 Å². The largest absolute Gasteiger partial charge is 0.479 e. The lowest BCUT2D eigenvalue weighted by molar-refractivity contribution is 0.429. The Hall–Kier alpha value is -3.46. The number of hydrogen-bond acceptors (Lipinski definition) is 9. The summed E-state index contributed by atoms with van der Waals surface area (Å²) in [4.78, 5) is 16.6. The molecule has 0 radical (unpaired) electrons. The van der Waals surface area contributed by atoms with E-state index in [0.717, 1.165) is 21.5 Å². The van der Waals surface area contributed by atoms with Crippen molar-refractivity contribution < 1.29 is 5.11 Å². The maximum absolute atomic E-state index is 9.95. The standard InChI is InChI=1S/C19H19N7OS/c1-19(2,11-6-4-3-5-7-11)26-17-23-16(24-18(27)25-17)21-12-8-9-13-14(10-12)28-15(20)22-13/h3-10H,1-2H3,(H2,20,22)(H3,21,23,24,25,26,27). The fourth-order valence-electron chi connectivity index (χ4n) is 2.83. The number of aromatic hydroxyl groups is 1. The number of fused-ring (bicyclic) bond motifs is 1. The van der Waals surface area contributed by atoms with Gasteiger partial charge in [0.1, 0.15) is 0 Å². The van der Waals surface area contributed by atoms with Crippen LogP contribution in [0.25, 0.3) is 10.2 Å². The van der Waals surface area contributed by atoms with Crippen molar-refractivity contribution in [3.63, 3.8) is 0 Å².